The summed E-state index contributed by atoms with van der Waals surface area (Å²) in [5, 5.41) is 11.1. The summed E-state index contributed by atoms with van der Waals surface area (Å²) in [5.41, 5.74) is 0.484. The van der Waals surface area contributed by atoms with Crippen molar-refractivity contribution in [2.24, 2.45) is 7.05 Å². The summed E-state index contributed by atoms with van der Waals surface area (Å²) >= 11 is 2.11. The molecule has 0 aliphatic heterocycles. The van der Waals surface area contributed by atoms with E-state index < -0.39 is 0 Å². The van der Waals surface area contributed by atoms with E-state index >= 15 is 0 Å². The molecular formula is C11H14IN5O. The predicted molar refractivity (Wildman–Crippen MR) is 75.1 cm³/mol. The van der Waals surface area contributed by atoms with Gasteiger partial charge in [0.05, 0.1) is 3.57 Å². The van der Waals surface area contributed by atoms with Crippen LogP contribution < -0.4 is 5.32 Å². The monoisotopic (exact) mass is 359 g/mol. The van der Waals surface area contributed by atoms with E-state index in [4.69, 9.17) is 0 Å². The first-order valence-corrected chi connectivity index (χ1v) is 6.69. The number of hydrogen-bond donors (Lipinski definition) is 1. The van der Waals surface area contributed by atoms with Crippen molar-refractivity contribution in [2.45, 2.75) is 13.0 Å². The molecule has 0 bridgehead atoms. The lowest BCUT2D eigenvalue weighted by Gasteiger charge is -2.04. The zero-order valence-corrected chi connectivity index (χ0v) is 12.2. The number of carbonyl (C=O) groups excluding carboxylic acids is 1. The molecule has 18 heavy (non-hydrogen) atoms. The van der Waals surface area contributed by atoms with Gasteiger partial charge >= 0.3 is 0 Å². The van der Waals surface area contributed by atoms with Crippen molar-refractivity contribution in [3.8, 4) is 0 Å². The standard InChI is InChI=1S/C11H14IN5O/c1-16-8-9(12)10(15-16)11(18)13-4-2-6-17-7-3-5-14-17/h3,5,7-8H,2,4,6H2,1H3,(H,13,18). The minimum absolute atomic E-state index is 0.125. The van der Waals surface area contributed by atoms with Crippen molar-refractivity contribution in [2.75, 3.05) is 6.54 Å². The van der Waals surface area contributed by atoms with Crippen molar-refractivity contribution in [1.29, 1.82) is 0 Å². The molecule has 1 N–H and O–H groups in total. The average Bonchev–Trinajstić information content (AvgIpc) is 2.94. The largest absolute Gasteiger partial charge is 0.351 e. The lowest BCUT2D eigenvalue weighted by atomic mass is 10.3. The maximum atomic E-state index is 11.8. The van der Waals surface area contributed by atoms with Gasteiger partial charge in [0, 0.05) is 38.7 Å². The quantitative estimate of drug-likeness (QED) is 0.641. The highest BCUT2D eigenvalue weighted by atomic mass is 127. The summed E-state index contributed by atoms with van der Waals surface area (Å²) in [5.74, 6) is -0.125. The third-order valence-corrected chi connectivity index (χ3v) is 3.20. The molecular weight excluding hydrogens is 345 g/mol. The molecule has 0 spiro atoms. The van der Waals surface area contributed by atoms with Crippen LogP contribution in [-0.2, 0) is 13.6 Å². The Morgan fingerprint density at radius 1 is 1.56 bits per heavy atom. The Morgan fingerprint density at radius 3 is 3.00 bits per heavy atom. The van der Waals surface area contributed by atoms with Gasteiger partial charge in [0.25, 0.3) is 5.91 Å². The molecule has 2 heterocycles. The van der Waals surface area contributed by atoms with Gasteiger partial charge in [-0.15, -0.1) is 0 Å². The van der Waals surface area contributed by atoms with Crippen molar-refractivity contribution < 1.29 is 4.79 Å². The molecule has 96 valence electrons. The summed E-state index contributed by atoms with van der Waals surface area (Å²) < 4.78 is 4.34. The van der Waals surface area contributed by atoms with E-state index in [0.29, 0.717) is 12.2 Å². The second kappa shape index (κ2) is 5.98. The van der Waals surface area contributed by atoms with E-state index in [2.05, 4.69) is 38.1 Å². The number of carbonyl (C=O) groups is 1. The van der Waals surface area contributed by atoms with Gasteiger partial charge in [0.2, 0.25) is 0 Å². The molecule has 1 amide bonds. The van der Waals surface area contributed by atoms with Gasteiger partial charge in [-0.1, -0.05) is 0 Å². The molecule has 0 radical (unpaired) electrons. The summed E-state index contributed by atoms with van der Waals surface area (Å²) in [7, 11) is 1.80. The summed E-state index contributed by atoms with van der Waals surface area (Å²) in [6.45, 7) is 1.41. The first-order valence-electron chi connectivity index (χ1n) is 5.61. The molecule has 0 fully saturated rings. The fourth-order valence-electron chi connectivity index (χ4n) is 1.57. The van der Waals surface area contributed by atoms with Crippen LogP contribution in [0.5, 0.6) is 0 Å². The second-order valence-electron chi connectivity index (χ2n) is 3.88. The molecule has 0 aliphatic rings. The minimum atomic E-state index is -0.125. The minimum Gasteiger partial charge on any atom is -0.351 e. The van der Waals surface area contributed by atoms with Gasteiger partial charge in [0.1, 0.15) is 0 Å². The molecule has 2 aromatic heterocycles. The average molecular weight is 359 g/mol. The van der Waals surface area contributed by atoms with Crippen molar-refractivity contribution in [1.82, 2.24) is 24.9 Å². The van der Waals surface area contributed by atoms with Crippen LogP contribution in [0.1, 0.15) is 16.9 Å². The highest BCUT2D eigenvalue weighted by Crippen LogP contribution is 2.08. The molecule has 0 saturated heterocycles. The Morgan fingerprint density at radius 2 is 2.39 bits per heavy atom. The number of halogens is 1. The van der Waals surface area contributed by atoms with E-state index in [1.54, 1.807) is 17.9 Å². The van der Waals surface area contributed by atoms with E-state index in [1.165, 1.54) is 0 Å². The van der Waals surface area contributed by atoms with Crippen LogP contribution in [0.4, 0.5) is 0 Å². The van der Waals surface area contributed by atoms with Crippen molar-refractivity contribution in [3.63, 3.8) is 0 Å². The maximum Gasteiger partial charge on any atom is 0.272 e. The molecule has 2 aromatic rings. The number of aryl methyl sites for hydroxylation is 2. The topological polar surface area (TPSA) is 64.7 Å². The van der Waals surface area contributed by atoms with Gasteiger partial charge < -0.3 is 5.32 Å². The Hall–Kier alpha value is -1.38. The van der Waals surface area contributed by atoms with E-state index in [-0.39, 0.29) is 5.91 Å². The fourth-order valence-corrected chi connectivity index (χ4v) is 2.33. The maximum absolute atomic E-state index is 11.8. The molecule has 0 unspecified atom stereocenters. The summed E-state index contributed by atoms with van der Waals surface area (Å²) in [6.07, 6.45) is 6.31. The van der Waals surface area contributed by atoms with Crippen molar-refractivity contribution in [3.05, 3.63) is 33.9 Å². The van der Waals surface area contributed by atoms with E-state index in [0.717, 1.165) is 16.5 Å². The van der Waals surface area contributed by atoms with Crippen LogP contribution in [0.2, 0.25) is 0 Å². The highest BCUT2D eigenvalue weighted by molar-refractivity contribution is 14.1. The normalized spacial score (nSPS) is 10.6. The molecule has 2 rings (SSSR count). The molecule has 6 nitrogen and oxygen atoms in total. The van der Waals surface area contributed by atoms with Crippen LogP contribution in [0.15, 0.2) is 24.7 Å². The number of nitrogens with zero attached hydrogens (tertiary/aromatic N) is 4. The Kier molecular flexibility index (Phi) is 4.34. The van der Waals surface area contributed by atoms with Gasteiger partial charge in [-0.25, -0.2) is 0 Å². The smallest absolute Gasteiger partial charge is 0.272 e. The van der Waals surface area contributed by atoms with Crippen LogP contribution in [0.25, 0.3) is 0 Å². The Bertz CT molecular complexity index is 520. The third kappa shape index (κ3) is 3.31. The van der Waals surface area contributed by atoms with E-state index in [1.807, 2.05) is 23.1 Å². The number of hydrogen-bond acceptors (Lipinski definition) is 3. The number of amides is 1. The third-order valence-electron chi connectivity index (χ3n) is 2.41. The first-order chi connectivity index (χ1) is 8.66. The lowest BCUT2D eigenvalue weighted by Crippen LogP contribution is -2.26. The zero-order valence-electron chi connectivity index (χ0n) is 10.0. The van der Waals surface area contributed by atoms with Crippen LogP contribution in [-0.4, -0.2) is 32.0 Å². The Labute approximate surface area is 119 Å². The SMILES string of the molecule is Cn1cc(I)c(C(=O)NCCCn2cccn2)n1. The number of nitrogens with one attached hydrogen (secondary N) is 1. The summed E-state index contributed by atoms with van der Waals surface area (Å²) in [6, 6.07) is 1.88. The molecule has 7 heteroatoms. The van der Waals surface area contributed by atoms with Gasteiger partial charge in [-0.05, 0) is 35.1 Å². The lowest BCUT2D eigenvalue weighted by molar-refractivity contribution is 0.0946. The first kappa shape index (κ1) is 13.1. The van der Waals surface area contributed by atoms with Gasteiger partial charge in [-0.2, -0.15) is 10.2 Å². The molecule has 0 atom stereocenters. The molecule has 0 aliphatic carbocycles. The van der Waals surface area contributed by atoms with Gasteiger partial charge in [-0.3, -0.25) is 14.2 Å². The van der Waals surface area contributed by atoms with Crippen LogP contribution in [0, 0.1) is 3.57 Å². The highest BCUT2D eigenvalue weighted by Gasteiger charge is 2.13. The zero-order chi connectivity index (χ0) is 13.0. The number of aromatic nitrogens is 4. The predicted octanol–water partition coefficient (Wildman–Crippen LogP) is 1.04. The Balaban J connectivity index is 1.77. The second-order valence-corrected chi connectivity index (χ2v) is 5.04. The van der Waals surface area contributed by atoms with Crippen molar-refractivity contribution >= 4 is 28.5 Å². The molecule has 0 aromatic carbocycles. The van der Waals surface area contributed by atoms with E-state index in [9.17, 15) is 4.79 Å². The van der Waals surface area contributed by atoms with Crippen LogP contribution in [0.3, 0.4) is 0 Å². The molecule has 0 saturated carbocycles. The van der Waals surface area contributed by atoms with Crippen LogP contribution >= 0.6 is 22.6 Å². The fraction of sp³-hybridized carbons (Fsp3) is 0.364. The summed E-state index contributed by atoms with van der Waals surface area (Å²) in [4.78, 5) is 11.8. The van der Waals surface area contributed by atoms with Gasteiger partial charge in [0.15, 0.2) is 5.69 Å². The number of rotatable bonds is 5.